The van der Waals surface area contributed by atoms with Gasteiger partial charge in [0.1, 0.15) is 17.3 Å². The molecule has 37 heavy (non-hydrogen) atoms. The average molecular weight is 521 g/mol. The van der Waals surface area contributed by atoms with E-state index >= 15 is 13.2 Å². The lowest BCUT2D eigenvalue weighted by Crippen LogP contribution is -2.25. The number of rotatable bonds is 8. The Bertz CT molecular complexity index is 1020. The largest absolute Gasteiger partial charge is 0.507 e. The highest BCUT2D eigenvalue weighted by molar-refractivity contribution is 5.52. The molecule has 0 amide bonds. The summed E-state index contributed by atoms with van der Waals surface area (Å²) in [6, 6.07) is 6.58. The molecular formula is C31H43F3O3. The minimum absolute atomic E-state index is 0.0614. The lowest BCUT2D eigenvalue weighted by molar-refractivity contribution is -0.187. The molecule has 3 rings (SSSR count). The Morgan fingerprint density at radius 1 is 0.919 bits per heavy atom. The van der Waals surface area contributed by atoms with Crippen molar-refractivity contribution >= 4 is 0 Å². The van der Waals surface area contributed by atoms with Gasteiger partial charge in [-0.2, -0.15) is 8.78 Å². The second-order valence-corrected chi connectivity index (χ2v) is 12.5. The second-order valence-electron chi connectivity index (χ2n) is 12.5. The molecule has 1 fully saturated rings. The van der Waals surface area contributed by atoms with E-state index in [1.165, 1.54) is 37.5 Å². The van der Waals surface area contributed by atoms with E-state index in [-0.39, 0.29) is 17.6 Å². The second kappa shape index (κ2) is 11.3. The summed E-state index contributed by atoms with van der Waals surface area (Å²) in [4.78, 5) is 0. The maximum atomic E-state index is 15.3. The number of ether oxygens (including phenoxy) is 2. The smallest absolute Gasteiger partial charge is 0.429 e. The van der Waals surface area contributed by atoms with E-state index in [0.717, 1.165) is 31.4 Å². The van der Waals surface area contributed by atoms with Gasteiger partial charge in [-0.25, -0.2) is 4.39 Å². The number of hydrogen-bond donors (Lipinski definition) is 1. The lowest BCUT2D eigenvalue weighted by Gasteiger charge is -2.30. The van der Waals surface area contributed by atoms with E-state index in [9.17, 15) is 5.11 Å². The van der Waals surface area contributed by atoms with Crippen LogP contribution in [0, 0.1) is 11.7 Å². The molecule has 0 aliphatic carbocycles. The Labute approximate surface area is 220 Å². The summed E-state index contributed by atoms with van der Waals surface area (Å²) in [6.07, 6.45) is 2.25. The van der Waals surface area contributed by atoms with Gasteiger partial charge in [-0.15, -0.1) is 0 Å². The zero-order valence-corrected chi connectivity index (χ0v) is 23.4. The van der Waals surface area contributed by atoms with Gasteiger partial charge in [0.05, 0.1) is 18.3 Å². The normalized spacial score (nSPS) is 19.2. The number of aromatic hydroxyl groups is 1. The molecule has 1 saturated heterocycles. The van der Waals surface area contributed by atoms with Crippen LogP contribution in [-0.2, 0) is 21.7 Å². The third-order valence-electron chi connectivity index (χ3n) is 7.21. The van der Waals surface area contributed by atoms with Gasteiger partial charge in [0.25, 0.3) is 0 Å². The molecule has 2 atom stereocenters. The number of unbranched alkanes of at least 4 members (excludes halogenated alkanes) is 2. The molecule has 0 radical (unpaired) electrons. The van der Waals surface area contributed by atoms with Crippen molar-refractivity contribution in [2.45, 2.75) is 110 Å². The molecule has 1 aliphatic rings. The van der Waals surface area contributed by atoms with Crippen LogP contribution in [0.1, 0.15) is 115 Å². The number of alkyl halides is 2. The molecule has 0 aromatic heterocycles. The van der Waals surface area contributed by atoms with E-state index in [2.05, 4.69) is 6.92 Å². The predicted molar refractivity (Wildman–Crippen MR) is 142 cm³/mol. The molecule has 2 unspecified atom stereocenters. The monoisotopic (exact) mass is 520 g/mol. The quantitative estimate of drug-likeness (QED) is 0.353. The van der Waals surface area contributed by atoms with Gasteiger partial charge < -0.3 is 14.6 Å². The Hall–Kier alpha value is -2.21. The molecule has 2 aromatic rings. The predicted octanol–water partition coefficient (Wildman–Crippen LogP) is 9.30. The lowest BCUT2D eigenvalue weighted by atomic mass is 9.79. The topological polar surface area (TPSA) is 38.7 Å². The van der Waals surface area contributed by atoms with Crippen molar-refractivity contribution < 1.29 is 27.8 Å². The average Bonchev–Trinajstić information content (AvgIpc) is 2.79. The van der Waals surface area contributed by atoms with Crippen LogP contribution in [0.3, 0.4) is 0 Å². The molecule has 2 aromatic carbocycles. The SMILES string of the molecule is CCCCCC1CCC(c2ccc(C(F)(F)Oc3cc(C(C)(C)C)c(O)c(C(C)(C)C)c3)c(F)c2)OC1. The van der Waals surface area contributed by atoms with Crippen molar-refractivity contribution in [1.29, 1.82) is 0 Å². The van der Waals surface area contributed by atoms with Gasteiger partial charge in [0.15, 0.2) is 0 Å². The van der Waals surface area contributed by atoms with Gasteiger partial charge in [0, 0.05) is 11.1 Å². The van der Waals surface area contributed by atoms with E-state index < -0.39 is 28.3 Å². The maximum Gasteiger partial charge on any atom is 0.429 e. The number of hydrogen-bond acceptors (Lipinski definition) is 3. The molecule has 0 spiro atoms. The van der Waals surface area contributed by atoms with Crippen molar-refractivity contribution in [1.82, 2.24) is 0 Å². The van der Waals surface area contributed by atoms with Crippen LogP contribution >= 0.6 is 0 Å². The molecule has 3 nitrogen and oxygen atoms in total. The molecule has 6 heteroatoms. The Morgan fingerprint density at radius 3 is 2.03 bits per heavy atom. The van der Waals surface area contributed by atoms with Crippen LogP contribution in [0.15, 0.2) is 30.3 Å². The van der Waals surface area contributed by atoms with Crippen LogP contribution in [0.4, 0.5) is 13.2 Å². The van der Waals surface area contributed by atoms with E-state index in [1.54, 1.807) is 0 Å². The van der Waals surface area contributed by atoms with Crippen LogP contribution in [-0.4, -0.2) is 11.7 Å². The number of halogens is 3. The highest BCUT2D eigenvalue weighted by atomic mass is 19.3. The molecule has 1 aliphatic heterocycles. The summed E-state index contributed by atoms with van der Waals surface area (Å²) in [5.74, 6) is -0.579. The van der Waals surface area contributed by atoms with E-state index in [4.69, 9.17) is 9.47 Å². The van der Waals surface area contributed by atoms with Crippen LogP contribution in [0.2, 0.25) is 0 Å². The summed E-state index contributed by atoms with van der Waals surface area (Å²) in [6.45, 7) is 14.1. The zero-order chi connectivity index (χ0) is 27.6. The molecule has 0 saturated carbocycles. The molecule has 0 bridgehead atoms. The van der Waals surface area contributed by atoms with Crippen molar-refractivity contribution in [2.24, 2.45) is 5.92 Å². The Kier molecular flexibility index (Phi) is 8.94. The summed E-state index contributed by atoms with van der Waals surface area (Å²) in [7, 11) is 0. The highest BCUT2D eigenvalue weighted by Gasteiger charge is 2.39. The third kappa shape index (κ3) is 7.22. The highest BCUT2D eigenvalue weighted by Crippen LogP contribution is 2.44. The van der Waals surface area contributed by atoms with E-state index in [0.29, 0.717) is 29.2 Å². The standard InChI is InChI=1S/C31H43F3O3/c1-8-9-10-11-20-12-15-27(36-19-20)21-13-14-23(26(32)16-21)31(33,34)37-22-17-24(29(2,3)4)28(35)25(18-22)30(5,6)7/h13-14,16-18,20,27,35H,8-12,15,19H2,1-7H3. The maximum absolute atomic E-state index is 15.3. The zero-order valence-electron chi connectivity index (χ0n) is 23.4. The van der Waals surface area contributed by atoms with Crippen molar-refractivity contribution in [3.63, 3.8) is 0 Å². The first kappa shape index (κ1) is 29.3. The molecule has 1 N–H and O–H groups in total. The molecule has 206 valence electrons. The number of phenols is 1. The Morgan fingerprint density at radius 2 is 1.54 bits per heavy atom. The third-order valence-corrected chi connectivity index (χ3v) is 7.21. The van der Waals surface area contributed by atoms with Gasteiger partial charge in [-0.3, -0.25) is 0 Å². The number of benzene rings is 2. The summed E-state index contributed by atoms with van der Waals surface area (Å²) < 4.78 is 56.7. The van der Waals surface area contributed by atoms with Crippen molar-refractivity contribution in [2.75, 3.05) is 6.61 Å². The Balaban J connectivity index is 1.80. The van der Waals surface area contributed by atoms with Crippen molar-refractivity contribution in [3.8, 4) is 11.5 Å². The fraction of sp³-hybridized carbons (Fsp3) is 0.613. The molecule has 1 heterocycles. The molecular weight excluding hydrogens is 477 g/mol. The first-order valence-electron chi connectivity index (χ1n) is 13.5. The van der Waals surface area contributed by atoms with Crippen LogP contribution < -0.4 is 4.74 Å². The number of phenolic OH excluding ortho intramolecular Hbond substituents is 1. The van der Waals surface area contributed by atoms with Gasteiger partial charge in [0.2, 0.25) is 0 Å². The first-order chi connectivity index (χ1) is 17.1. The van der Waals surface area contributed by atoms with Crippen molar-refractivity contribution in [3.05, 3.63) is 58.4 Å². The van der Waals surface area contributed by atoms with Gasteiger partial charge in [-0.1, -0.05) is 73.8 Å². The fourth-order valence-corrected chi connectivity index (χ4v) is 4.96. The summed E-state index contributed by atoms with van der Waals surface area (Å²) in [5, 5.41) is 10.9. The summed E-state index contributed by atoms with van der Waals surface area (Å²) in [5.41, 5.74) is -0.305. The summed E-state index contributed by atoms with van der Waals surface area (Å²) >= 11 is 0. The fourth-order valence-electron chi connectivity index (χ4n) is 4.96. The minimum atomic E-state index is -3.90. The van der Waals surface area contributed by atoms with Gasteiger partial charge >= 0.3 is 6.11 Å². The first-order valence-corrected chi connectivity index (χ1v) is 13.5. The van der Waals surface area contributed by atoms with Gasteiger partial charge in [-0.05, 0) is 65.8 Å². The van der Waals surface area contributed by atoms with Crippen LogP contribution in [0.25, 0.3) is 0 Å². The van der Waals surface area contributed by atoms with E-state index in [1.807, 2.05) is 41.5 Å². The van der Waals surface area contributed by atoms with Crippen LogP contribution in [0.5, 0.6) is 11.5 Å². The minimum Gasteiger partial charge on any atom is -0.507 e.